The van der Waals surface area contributed by atoms with Crippen LogP contribution in [0.25, 0.3) is 22.2 Å². The molecular formula is C19H21N3O2. The lowest BCUT2D eigenvalue weighted by Gasteiger charge is -2.04. The number of nitrogens with zero attached hydrogens (tertiary/aromatic N) is 2. The van der Waals surface area contributed by atoms with Crippen LogP contribution in [0.1, 0.15) is 23.7 Å². The summed E-state index contributed by atoms with van der Waals surface area (Å²) in [6, 6.07) is 15.6. The van der Waals surface area contributed by atoms with Crippen LogP contribution in [-0.4, -0.2) is 28.9 Å². The summed E-state index contributed by atoms with van der Waals surface area (Å²) in [6.07, 6.45) is 0.852. The second-order valence-corrected chi connectivity index (χ2v) is 5.53. The number of carbonyl (C=O) groups is 1. The number of benzene rings is 2. The van der Waals surface area contributed by atoms with Crippen molar-refractivity contribution >= 4 is 16.9 Å². The molecule has 5 heteroatoms. The van der Waals surface area contributed by atoms with E-state index in [9.17, 15) is 4.79 Å². The number of fused-ring (bicyclic) bond motifs is 1. The number of nitrogens with two attached hydrogens (primary N) is 1. The molecule has 0 amide bonds. The molecule has 0 radical (unpaired) electrons. The maximum Gasteiger partial charge on any atom is 0.338 e. The summed E-state index contributed by atoms with van der Waals surface area (Å²) in [7, 11) is 0. The zero-order valence-electron chi connectivity index (χ0n) is 13.7. The summed E-state index contributed by atoms with van der Waals surface area (Å²) >= 11 is 0. The molecule has 24 heavy (non-hydrogen) atoms. The molecule has 0 bridgehead atoms. The lowest BCUT2D eigenvalue weighted by Crippen LogP contribution is -2.07. The molecule has 0 aliphatic carbocycles. The predicted molar refractivity (Wildman–Crippen MR) is 94.8 cm³/mol. The van der Waals surface area contributed by atoms with Crippen LogP contribution in [0.4, 0.5) is 0 Å². The van der Waals surface area contributed by atoms with Gasteiger partial charge >= 0.3 is 5.97 Å². The van der Waals surface area contributed by atoms with Crippen molar-refractivity contribution in [2.75, 3.05) is 13.2 Å². The van der Waals surface area contributed by atoms with E-state index in [0.29, 0.717) is 18.7 Å². The van der Waals surface area contributed by atoms with Gasteiger partial charge in [-0.2, -0.15) is 5.10 Å². The van der Waals surface area contributed by atoms with Crippen molar-refractivity contribution in [1.82, 2.24) is 9.78 Å². The van der Waals surface area contributed by atoms with E-state index in [1.54, 1.807) is 13.0 Å². The summed E-state index contributed by atoms with van der Waals surface area (Å²) in [6.45, 7) is 3.52. The molecule has 3 aromatic rings. The van der Waals surface area contributed by atoms with Crippen LogP contribution < -0.4 is 5.73 Å². The third-order valence-electron chi connectivity index (χ3n) is 3.88. The highest BCUT2D eigenvalue weighted by molar-refractivity contribution is 5.99. The number of ether oxygens (including phenoxy) is 1. The van der Waals surface area contributed by atoms with Crippen LogP contribution in [-0.2, 0) is 11.3 Å². The van der Waals surface area contributed by atoms with E-state index in [4.69, 9.17) is 15.6 Å². The number of rotatable bonds is 6. The lowest BCUT2D eigenvalue weighted by atomic mass is 10.1. The van der Waals surface area contributed by atoms with Gasteiger partial charge in [-0.3, -0.25) is 4.68 Å². The van der Waals surface area contributed by atoms with E-state index in [0.717, 1.165) is 35.1 Å². The average Bonchev–Trinajstić information content (AvgIpc) is 2.99. The normalized spacial score (nSPS) is 10.9. The summed E-state index contributed by atoms with van der Waals surface area (Å²) in [5.74, 6) is -0.312. The van der Waals surface area contributed by atoms with Gasteiger partial charge in [0.1, 0.15) is 5.69 Å². The molecule has 1 heterocycles. The van der Waals surface area contributed by atoms with Crippen LogP contribution in [0.3, 0.4) is 0 Å². The number of hydrogen-bond acceptors (Lipinski definition) is 4. The molecule has 0 atom stereocenters. The van der Waals surface area contributed by atoms with E-state index in [1.807, 2.05) is 47.1 Å². The fourth-order valence-corrected chi connectivity index (χ4v) is 2.74. The Balaban J connectivity index is 2.13. The minimum Gasteiger partial charge on any atom is -0.462 e. The Bertz CT molecular complexity index is 840. The van der Waals surface area contributed by atoms with Crippen molar-refractivity contribution in [3.8, 4) is 11.3 Å². The monoisotopic (exact) mass is 323 g/mol. The molecule has 2 aromatic carbocycles. The summed E-state index contributed by atoms with van der Waals surface area (Å²) < 4.78 is 7.07. The Morgan fingerprint density at radius 2 is 2.00 bits per heavy atom. The number of esters is 1. The second kappa shape index (κ2) is 7.27. The first-order chi connectivity index (χ1) is 11.7. The van der Waals surface area contributed by atoms with E-state index in [2.05, 4.69) is 0 Å². The highest BCUT2D eigenvalue weighted by Gasteiger charge is 2.15. The maximum absolute atomic E-state index is 12.0. The summed E-state index contributed by atoms with van der Waals surface area (Å²) in [5.41, 5.74) is 9.06. The van der Waals surface area contributed by atoms with Crippen LogP contribution in [0, 0.1) is 0 Å². The first-order valence-electron chi connectivity index (χ1n) is 8.17. The third kappa shape index (κ3) is 3.16. The fourth-order valence-electron chi connectivity index (χ4n) is 2.74. The number of aromatic nitrogens is 2. The predicted octanol–water partition coefficient (Wildman–Crippen LogP) is 3.23. The summed E-state index contributed by atoms with van der Waals surface area (Å²) in [4.78, 5) is 12.0. The molecule has 0 saturated carbocycles. The molecular weight excluding hydrogens is 302 g/mol. The molecule has 0 fully saturated rings. The Hall–Kier alpha value is -2.66. The maximum atomic E-state index is 12.0. The first kappa shape index (κ1) is 16.2. The number of carbonyl (C=O) groups excluding carboxylic acids is 1. The van der Waals surface area contributed by atoms with Gasteiger partial charge in [0, 0.05) is 17.5 Å². The van der Waals surface area contributed by atoms with Gasteiger partial charge in [-0.15, -0.1) is 0 Å². The van der Waals surface area contributed by atoms with Crippen LogP contribution in [0.15, 0.2) is 48.5 Å². The van der Waals surface area contributed by atoms with E-state index >= 15 is 0 Å². The Labute approximate surface area is 141 Å². The van der Waals surface area contributed by atoms with Gasteiger partial charge < -0.3 is 10.5 Å². The smallest absolute Gasteiger partial charge is 0.338 e. The van der Waals surface area contributed by atoms with Crippen LogP contribution in [0.5, 0.6) is 0 Å². The van der Waals surface area contributed by atoms with Crippen molar-refractivity contribution < 1.29 is 9.53 Å². The van der Waals surface area contributed by atoms with Crippen LogP contribution >= 0.6 is 0 Å². The number of aryl methyl sites for hydroxylation is 1. The fraction of sp³-hybridized carbons (Fsp3) is 0.263. The first-order valence-corrected chi connectivity index (χ1v) is 8.17. The largest absolute Gasteiger partial charge is 0.462 e. The topological polar surface area (TPSA) is 70.1 Å². The molecule has 0 saturated heterocycles. The highest BCUT2D eigenvalue weighted by atomic mass is 16.5. The Kier molecular flexibility index (Phi) is 4.91. The molecule has 1 aromatic heterocycles. The molecule has 0 unspecified atom stereocenters. The quantitative estimate of drug-likeness (QED) is 0.707. The van der Waals surface area contributed by atoms with Crippen molar-refractivity contribution in [2.24, 2.45) is 5.73 Å². The highest BCUT2D eigenvalue weighted by Crippen LogP contribution is 2.29. The van der Waals surface area contributed by atoms with Gasteiger partial charge in [-0.25, -0.2) is 4.79 Å². The molecule has 124 valence electrons. The number of hydrogen-bond donors (Lipinski definition) is 1. The van der Waals surface area contributed by atoms with Crippen molar-refractivity contribution in [3.05, 3.63) is 54.1 Å². The van der Waals surface area contributed by atoms with Gasteiger partial charge in [0.2, 0.25) is 0 Å². The van der Waals surface area contributed by atoms with E-state index in [1.165, 1.54) is 0 Å². The van der Waals surface area contributed by atoms with E-state index in [-0.39, 0.29) is 5.97 Å². The SMILES string of the molecule is CCOC(=O)c1ccc2c(c1)c(-c1ccccc1)nn2CCCN. The van der Waals surface area contributed by atoms with Gasteiger partial charge in [0.25, 0.3) is 0 Å². The zero-order chi connectivity index (χ0) is 16.9. The average molecular weight is 323 g/mol. The van der Waals surface area contributed by atoms with Gasteiger partial charge in [0.05, 0.1) is 17.7 Å². The lowest BCUT2D eigenvalue weighted by molar-refractivity contribution is 0.0526. The minimum atomic E-state index is -0.312. The van der Waals surface area contributed by atoms with Crippen molar-refractivity contribution in [3.63, 3.8) is 0 Å². The zero-order valence-corrected chi connectivity index (χ0v) is 13.7. The third-order valence-corrected chi connectivity index (χ3v) is 3.88. The second-order valence-electron chi connectivity index (χ2n) is 5.53. The van der Waals surface area contributed by atoms with Crippen LogP contribution in [0.2, 0.25) is 0 Å². The Morgan fingerprint density at radius 1 is 1.21 bits per heavy atom. The molecule has 0 aliphatic rings. The molecule has 2 N–H and O–H groups in total. The molecule has 0 spiro atoms. The van der Waals surface area contributed by atoms with Gasteiger partial charge in [-0.1, -0.05) is 30.3 Å². The Morgan fingerprint density at radius 3 is 2.71 bits per heavy atom. The summed E-state index contributed by atoms with van der Waals surface area (Å²) in [5, 5.41) is 5.70. The molecule has 3 rings (SSSR count). The molecule has 0 aliphatic heterocycles. The van der Waals surface area contributed by atoms with Gasteiger partial charge in [-0.05, 0) is 38.1 Å². The molecule has 5 nitrogen and oxygen atoms in total. The van der Waals surface area contributed by atoms with Gasteiger partial charge in [0.15, 0.2) is 0 Å². The van der Waals surface area contributed by atoms with Crippen molar-refractivity contribution in [1.29, 1.82) is 0 Å². The van der Waals surface area contributed by atoms with Crippen molar-refractivity contribution in [2.45, 2.75) is 19.9 Å². The standard InChI is InChI=1S/C19H21N3O2/c1-2-24-19(23)15-9-10-17-16(13-15)18(14-7-4-3-5-8-14)21-22(17)12-6-11-20/h3-5,7-10,13H,2,6,11-12,20H2,1H3. The van der Waals surface area contributed by atoms with E-state index < -0.39 is 0 Å². The minimum absolute atomic E-state index is 0.312.